The molecule has 0 radical (unpaired) electrons. The van der Waals surface area contributed by atoms with Crippen molar-refractivity contribution in [1.29, 1.82) is 0 Å². The SMILES string of the molecule is CCON=C(C)c1nc(-c2ccccc2)oc1C. The van der Waals surface area contributed by atoms with Crippen LogP contribution in [-0.4, -0.2) is 17.3 Å². The molecule has 1 aromatic heterocycles. The van der Waals surface area contributed by atoms with E-state index < -0.39 is 0 Å². The second-order valence-corrected chi connectivity index (χ2v) is 3.88. The fraction of sp³-hybridized carbons (Fsp3) is 0.286. The first kappa shape index (κ1) is 12.4. The van der Waals surface area contributed by atoms with Crippen LogP contribution in [0.5, 0.6) is 0 Å². The molecule has 0 fully saturated rings. The fourth-order valence-corrected chi connectivity index (χ4v) is 1.64. The lowest BCUT2D eigenvalue weighted by molar-refractivity contribution is 0.159. The molecule has 0 atom stereocenters. The molecule has 18 heavy (non-hydrogen) atoms. The summed E-state index contributed by atoms with van der Waals surface area (Å²) in [4.78, 5) is 9.48. The molecule has 0 bridgehead atoms. The van der Waals surface area contributed by atoms with E-state index in [9.17, 15) is 0 Å². The Morgan fingerprint density at radius 3 is 2.72 bits per heavy atom. The number of oxazole rings is 1. The van der Waals surface area contributed by atoms with E-state index in [-0.39, 0.29) is 0 Å². The van der Waals surface area contributed by atoms with Crippen LogP contribution in [0.1, 0.15) is 25.3 Å². The van der Waals surface area contributed by atoms with Crippen molar-refractivity contribution in [2.45, 2.75) is 20.8 Å². The van der Waals surface area contributed by atoms with Gasteiger partial charge in [0.25, 0.3) is 0 Å². The molecule has 0 unspecified atom stereocenters. The summed E-state index contributed by atoms with van der Waals surface area (Å²) in [6.45, 7) is 6.16. The Balaban J connectivity index is 2.33. The number of aryl methyl sites for hydroxylation is 1. The highest BCUT2D eigenvalue weighted by Gasteiger charge is 2.13. The molecule has 4 nitrogen and oxygen atoms in total. The van der Waals surface area contributed by atoms with Gasteiger partial charge in [0.2, 0.25) is 5.89 Å². The lowest BCUT2D eigenvalue weighted by atomic mass is 10.2. The van der Waals surface area contributed by atoms with Crippen molar-refractivity contribution in [3.8, 4) is 11.5 Å². The van der Waals surface area contributed by atoms with E-state index in [0.717, 1.165) is 22.7 Å². The Labute approximate surface area is 106 Å². The van der Waals surface area contributed by atoms with Crippen LogP contribution in [0, 0.1) is 6.92 Å². The minimum atomic E-state index is 0.541. The predicted molar refractivity (Wildman–Crippen MR) is 70.5 cm³/mol. The second-order valence-electron chi connectivity index (χ2n) is 3.88. The van der Waals surface area contributed by atoms with Gasteiger partial charge in [0, 0.05) is 5.56 Å². The maximum Gasteiger partial charge on any atom is 0.226 e. The third kappa shape index (κ3) is 2.59. The van der Waals surface area contributed by atoms with E-state index in [2.05, 4.69) is 10.1 Å². The van der Waals surface area contributed by atoms with Gasteiger partial charge in [-0.2, -0.15) is 0 Å². The zero-order valence-electron chi connectivity index (χ0n) is 10.8. The Morgan fingerprint density at radius 2 is 2.06 bits per heavy atom. The Hall–Kier alpha value is -2.10. The van der Waals surface area contributed by atoms with Crippen LogP contribution in [-0.2, 0) is 4.84 Å². The average molecular weight is 244 g/mol. The summed E-state index contributed by atoms with van der Waals surface area (Å²) in [7, 11) is 0. The first-order valence-corrected chi connectivity index (χ1v) is 5.92. The molecule has 0 aliphatic carbocycles. The van der Waals surface area contributed by atoms with Crippen LogP contribution in [0.3, 0.4) is 0 Å². The second kappa shape index (κ2) is 5.49. The summed E-state index contributed by atoms with van der Waals surface area (Å²) in [6, 6.07) is 9.79. The van der Waals surface area contributed by atoms with Crippen molar-refractivity contribution in [2.75, 3.05) is 6.61 Å². The average Bonchev–Trinajstić information content (AvgIpc) is 2.79. The van der Waals surface area contributed by atoms with Crippen LogP contribution in [0.4, 0.5) is 0 Å². The minimum Gasteiger partial charge on any atom is -0.441 e. The Morgan fingerprint density at radius 1 is 1.33 bits per heavy atom. The smallest absolute Gasteiger partial charge is 0.226 e. The molecule has 0 aliphatic rings. The van der Waals surface area contributed by atoms with Crippen LogP contribution in [0.15, 0.2) is 39.9 Å². The van der Waals surface area contributed by atoms with E-state index in [0.29, 0.717) is 12.5 Å². The molecular formula is C14H16N2O2. The van der Waals surface area contributed by atoms with Crippen LogP contribution in [0.25, 0.3) is 11.5 Å². The van der Waals surface area contributed by atoms with Crippen molar-refractivity contribution >= 4 is 5.71 Å². The third-order valence-corrected chi connectivity index (χ3v) is 2.49. The number of aromatic nitrogens is 1. The van der Waals surface area contributed by atoms with Gasteiger partial charge in [0.1, 0.15) is 23.8 Å². The number of benzene rings is 1. The predicted octanol–water partition coefficient (Wildman–Crippen LogP) is 3.41. The molecule has 0 amide bonds. The van der Waals surface area contributed by atoms with Crippen molar-refractivity contribution in [2.24, 2.45) is 5.16 Å². The molecule has 1 aromatic carbocycles. The lowest BCUT2D eigenvalue weighted by Gasteiger charge is -1.96. The molecule has 2 aromatic rings. The topological polar surface area (TPSA) is 47.6 Å². The zero-order chi connectivity index (χ0) is 13.0. The number of hydrogen-bond acceptors (Lipinski definition) is 4. The van der Waals surface area contributed by atoms with Crippen molar-refractivity contribution in [3.63, 3.8) is 0 Å². The first-order chi connectivity index (χ1) is 8.72. The van der Waals surface area contributed by atoms with Gasteiger partial charge in [0.05, 0.1) is 0 Å². The first-order valence-electron chi connectivity index (χ1n) is 5.92. The van der Waals surface area contributed by atoms with E-state index in [1.165, 1.54) is 0 Å². The summed E-state index contributed by atoms with van der Waals surface area (Å²) >= 11 is 0. The Kier molecular flexibility index (Phi) is 3.77. The highest BCUT2D eigenvalue weighted by atomic mass is 16.6. The molecule has 0 saturated heterocycles. The summed E-state index contributed by atoms with van der Waals surface area (Å²) in [5.41, 5.74) is 2.42. The maximum atomic E-state index is 5.65. The Bertz CT molecular complexity index is 544. The van der Waals surface area contributed by atoms with Gasteiger partial charge >= 0.3 is 0 Å². The summed E-state index contributed by atoms with van der Waals surface area (Å²) in [5, 5.41) is 3.97. The normalized spacial score (nSPS) is 11.6. The van der Waals surface area contributed by atoms with Gasteiger partial charge in [-0.3, -0.25) is 0 Å². The highest BCUT2D eigenvalue weighted by molar-refractivity contribution is 5.97. The molecular weight excluding hydrogens is 228 g/mol. The van der Waals surface area contributed by atoms with Crippen LogP contribution < -0.4 is 0 Å². The van der Waals surface area contributed by atoms with Gasteiger partial charge in [0.15, 0.2) is 0 Å². The van der Waals surface area contributed by atoms with Gasteiger partial charge in [-0.15, -0.1) is 0 Å². The van der Waals surface area contributed by atoms with Gasteiger partial charge in [-0.1, -0.05) is 23.4 Å². The molecule has 0 aliphatic heterocycles. The van der Waals surface area contributed by atoms with Crippen LogP contribution in [0.2, 0.25) is 0 Å². The number of oxime groups is 1. The molecule has 1 heterocycles. The summed E-state index contributed by atoms with van der Waals surface area (Å²) in [5.74, 6) is 1.35. The quantitative estimate of drug-likeness (QED) is 0.611. The van der Waals surface area contributed by atoms with E-state index in [1.807, 2.05) is 51.1 Å². The van der Waals surface area contributed by atoms with Crippen molar-refractivity contribution in [3.05, 3.63) is 41.8 Å². The van der Waals surface area contributed by atoms with Gasteiger partial charge in [-0.05, 0) is 32.9 Å². The fourth-order valence-electron chi connectivity index (χ4n) is 1.64. The standard InChI is InChI=1S/C14H16N2O2/c1-4-17-16-10(2)13-11(3)18-14(15-13)12-8-6-5-7-9-12/h5-9H,4H2,1-3H3. The monoisotopic (exact) mass is 244 g/mol. The lowest BCUT2D eigenvalue weighted by Crippen LogP contribution is -1.99. The van der Waals surface area contributed by atoms with Crippen LogP contribution >= 0.6 is 0 Å². The molecule has 94 valence electrons. The minimum absolute atomic E-state index is 0.541. The molecule has 0 N–H and O–H groups in total. The molecule has 0 spiro atoms. The summed E-state index contributed by atoms with van der Waals surface area (Å²) in [6.07, 6.45) is 0. The van der Waals surface area contributed by atoms with Crippen molar-refractivity contribution in [1.82, 2.24) is 4.98 Å². The largest absolute Gasteiger partial charge is 0.441 e. The molecule has 2 rings (SSSR count). The number of nitrogens with zero attached hydrogens (tertiary/aromatic N) is 2. The van der Waals surface area contributed by atoms with Gasteiger partial charge in [-0.25, -0.2) is 4.98 Å². The van der Waals surface area contributed by atoms with Gasteiger partial charge < -0.3 is 9.25 Å². The van der Waals surface area contributed by atoms with Crippen molar-refractivity contribution < 1.29 is 9.25 Å². The molecule has 0 saturated carbocycles. The molecule has 4 heteroatoms. The zero-order valence-corrected chi connectivity index (χ0v) is 10.8. The number of hydrogen-bond donors (Lipinski definition) is 0. The highest BCUT2D eigenvalue weighted by Crippen LogP contribution is 2.21. The third-order valence-electron chi connectivity index (χ3n) is 2.49. The van der Waals surface area contributed by atoms with E-state index in [1.54, 1.807) is 0 Å². The summed E-state index contributed by atoms with van der Waals surface area (Å²) < 4.78 is 5.65. The van der Waals surface area contributed by atoms with E-state index in [4.69, 9.17) is 9.25 Å². The maximum absolute atomic E-state index is 5.65. The van der Waals surface area contributed by atoms with E-state index >= 15 is 0 Å². The number of rotatable bonds is 4.